The third-order valence-electron chi connectivity index (χ3n) is 6.24. The molecule has 2 saturated heterocycles. The van der Waals surface area contributed by atoms with Gasteiger partial charge in [0.2, 0.25) is 5.79 Å². The summed E-state index contributed by atoms with van der Waals surface area (Å²) in [5, 5.41) is 42.2. The lowest BCUT2D eigenvalue weighted by molar-refractivity contribution is -0.329. The fraction of sp³-hybridized carbons (Fsp3) is 0.478. The van der Waals surface area contributed by atoms with Crippen LogP contribution in [0.2, 0.25) is 5.02 Å². The number of ether oxygens (including phenoxy) is 3. The average Bonchev–Trinajstić information content (AvgIpc) is 3.06. The van der Waals surface area contributed by atoms with Gasteiger partial charge < -0.3 is 34.6 Å². The maximum atomic E-state index is 10.8. The SMILES string of the molecule is CCOc1ccc(Cc2cc([C@]34OC(C)[C@](CO)(O3)[C@@H](O)[C@H](O)[C@H]4O)ccc2Cl)cc1. The fourth-order valence-corrected chi connectivity index (χ4v) is 4.62. The third-order valence-corrected chi connectivity index (χ3v) is 6.61. The zero-order valence-corrected chi connectivity index (χ0v) is 18.1. The van der Waals surface area contributed by atoms with Crippen LogP contribution in [0.25, 0.3) is 0 Å². The number of aliphatic hydroxyl groups is 4. The molecule has 2 aromatic rings. The van der Waals surface area contributed by atoms with Gasteiger partial charge in [-0.2, -0.15) is 0 Å². The molecule has 2 aromatic carbocycles. The largest absolute Gasteiger partial charge is 0.494 e. The number of halogens is 1. The minimum atomic E-state index is -1.74. The van der Waals surface area contributed by atoms with Crippen molar-refractivity contribution >= 4 is 11.6 Å². The van der Waals surface area contributed by atoms with Gasteiger partial charge in [-0.25, -0.2) is 0 Å². The Hall–Kier alpha value is -1.71. The zero-order chi connectivity index (χ0) is 22.4. The van der Waals surface area contributed by atoms with Crippen molar-refractivity contribution in [2.24, 2.45) is 0 Å². The van der Waals surface area contributed by atoms with E-state index in [2.05, 4.69) is 0 Å². The molecule has 4 N–H and O–H groups in total. The summed E-state index contributed by atoms with van der Waals surface area (Å²) < 4.78 is 17.5. The monoisotopic (exact) mass is 450 g/mol. The maximum Gasteiger partial charge on any atom is 0.225 e. The van der Waals surface area contributed by atoms with E-state index in [-0.39, 0.29) is 0 Å². The first-order valence-corrected chi connectivity index (χ1v) is 10.7. The minimum Gasteiger partial charge on any atom is -0.494 e. The van der Waals surface area contributed by atoms with Crippen molar-refractivity contribution in [3.05, 3.63) is 64.2 Å². The highest BCUT2D eigenvalue weighted by Gasteiger charge is 2.70. The number of fused-ring (bicyclic) bond motifs is 2. The molecule has 4 rings (SSSR count). The van der Waals surface area contributed by atoms with Gasteiger partial charge >= 0.3 is 0 Å². The van der Waals surface area contributed by atoms with E-state index in [0.29, 0.717) is 23.6 Å². The summed E-state index contributed by atoms with van der Waals surface area (Å²) >= 11 is 6.44. The lowest BCUT2D eigenvalue weighted by Crippen LogP contribution is -2.66. The summed E-state index contributed by atoms with van der Waals surface area (Å²) in [5.74, 6) is -0.955. The van der Waals surface area contributed by atoms with E-state index in [1.165, 1.54) is 0 Å². The molecule has 1 unspecified atom stereocenters. The van der Waals surface area contributed by atoms with E-state index < -0.39 is 42.4 Å². The predicted molar refractivity (Wildman–Crippen MR) is 113 cm³/mol. The van der Waals surface area contributed by atoms with E-state index in [9.17, 15) is 20.4 Å². The zero-order valence-electron chi connectivity index (χ0n) is 17.4. The van der Waals surface area contributed by atoms with Crippen molar-refractivity contribution in [2.75, 3.05) is 13.2 Å². The van der Waals surface area contributed by atoms with Crippen LogP contribution in [-0.2, 0) is 21.7 Å². The molecule has 2 bridgehead atoms. The number of rotatable bonds is 6. The van der Waals surface area contributed by atoms with Gasteiger partial charge in [0.25, 0.3) is 0 Å². The van der Waals surface area contributed by atoms with E-state index >= 15 is 0 Å². The van der Waals surface area contributed by atoms with Crippen LogP contribution in [0, 0.1) is 0 Å². The van der Waals surface area contributed by atoms with Crippen LogP contribution in [0.1, 0.15) is 30.5 Å². The quantitative estimate of drug-likeness (QED) is 0.531. The normalized spacial score (nSPS) is 34.7. The Morgan fingerprint density at radius 2 is 1.77 bits per heavy atom. The van der Waals surface area contributed by atoms with Crippen LogP contribution >= 0.6 is 11.6 Å². The molecule has 168 valence electrons. The first kappa shape index (κ1) is 22.5. The van der Waals surface area contributed by atoms with Gasteiger partial charge in [-0.15, -0.1) is 0 Å². The molecule has 0 spiro atoms. The van der Waals surface area contributed by atoms with Gasteiger partial charge in [-0.05, 0) is 55.7 Å². The molecule has 8 heteroatoms. The third kappa shape index (κ3) is 3.54. The van der Waals surface area contributed by atoms with Crippen LogP contribution in [0.4, 0.5) is 0 Å². The van der Waals surface area contributed by atoms with Gasteiger partial charge in [0.1, 0.15) is 29.7 Å². The standard InChI is InChI=1S/C23H27ClO7/c1-3-29-17-7-4-14(5-8-17)10-15-11-16(6-9-18(15)24)23-21(28)19(26)20(27)22(12-25,31-23)13(2)30-23/h4-9,11,13,19-21,25-28H,3,10,12H2,1-2H3/t13?,19-,20-,21+,22-,23-/m0/s1. The van der Waals surface area contributed by atoms with E-state index in [1.54, 1.807) is 25.1 Å². The molecule has 0 aromatic heterocycles. The molecular formula is C23H27ClO7. The van der Waals surface area contributed by atoms with Crippen molar-refractivity contribution in [3.8, 4) is 5.75 Å². The van der Waals surface area contributed by atoms with Crippen LogP contribution in [0.3, 0.4) is 0 Å². The molecule has 2 aliphatic heterocycles. The summed E-state index contributed by atoms with van der Waals surface area (Å²) in [6.45, 7) is 3.57. The van der Waals surface area contributed by atoms with Crippen molar-refractivity contribution in [1.82, 2.24) is 0 Å². The average molecular weight is 451 g/mol. The van der Waals surface area contributed by atoms with Gasteiger partial charge in [0.05, 0.1) is 19.3 Å². The summed E-state index contributed by atoms with van der Waals surface area (Å²) in [5.41, 5.74) is 0.671. The smallest absolute Gasteiger partial charge is 0.225 e. The highest BCUT2D eigenvalue weighted by atomic mass is 35.5. The van der Waals surface area contributed by atoms with Gasteiger partial charge in [0.15, 0.2) is 0 Å². The second-order valence-corrected chi connectivity index (χ2v) is 8.49. The molecule has 0 amide bonds. The summed E-state index contributed by atoms with van der Waals surface area (Å²) in [6.07, 6.45) is -4.89. The highest BCUT2D eigenvalue weighted by Crippen LogP contribution is 2.52. The Bertz CT molecular complexity index is 936. The highest BCUT2D eigenvalue weighted by molar-refractivity contribution is 6.31. The molecule has 2 fully saturated rings. The molecule has 31 heavy (non-hydrogen) atoms. The van der Waals surface area contributed by atoms with Crippen LogP contribution in [-0.4, -0.2) is 63.7 Å². The Morgan fingerprint density at radius 3 is 2.42 bits per heavy atom. The molecule has 6 atom stereocenters. The Kier molecular flexibility index (Phi) is 6.04. The fourth-order valence-electron chi connectivity index (χ4n) is 4.44. The predicted octanol–water partition coefficient (Wildman–Crippen LogP) is 1.74. The van der Waals surface area contributed by atoms with Crippen LogP contribution in [0.15, 0.2) is 42.5 Å². The van der Waals surface area contributed by atoms with Crippen LogP contribution in [0.5, 0.6) is 5.75 Å². The number of hydrogen-bond acceptors (Lipinski definition) is 7. The first-order valence-electron chi connectivity index (χ1n) is 10.3. The van der Waals surface area contributed by atoms with Gasteiger partial charge in [-0.1, -0.05) is 29.8 Å². The van der Waals surface area contributed by atoms with E-state index in [0.717, 1.165) is 16.9 Å². The van der Waals surface area contributed by atoms with Crippen molar-refractivity contribution < 1.29 is 34.6 Å². The Balaban J connectivity index is 1.69. The molecule has 2 aliphatic rings. The second-order valence-electron chi connectivity index (χ2n) is 8.08. The molecular weight excluding hydrogens is 424 g/mol. The molecule has 2 heterocycles. The second kappa shape index (κ2) is 8.33. The molecule has 0 aliphatic carbocycles. The Morgan fingerprint density at radius 1 is 1.06 bits per heavy atom. The lowest BCUT2D eigenvalue weighted by Gasteiger charge is -2.46. The summed E-state index contributed by atoms with van der Waals surface area (Å²) in [7, 11) is 0. The minimum absolute atomic E-state index is 0.443. The summed E-state index contributed by atoms with van der Waals surface area (Å²) in [6, 6.07) is 12.8. The summed E-state index contributed by atoms with van der Waals surface area (Å²) in [4.78, 5) is 0. The lowest BCUT2D eigenvalue weighted by atomic mass is 9.81. The van der Waals surface area contributed by atoms with E-state index in [4.69, 9.17) is 25.8 Å². The number of benzene rings is 2. The van der Waals surface area contributed by atoms with Gasteiger partial charge in [-0.3, -0.25) is 0 Å². The Labute approximate surface area is 185 Å². The van der Waals surface area contributed by atoms with Crippen LogP contribution < -0.4 is 4.74 Å². The number of aliphatic hydroxyl groups excluding tert-OH is 4. The number of hydrogen-bond donors (Lipinski definition) is 4. The van der Waals surface area contributed by atoms with Gasteiger partial charge in [0, 0.05) is 10.6 Å². The maximum absolute atomic E-state index is 10.8. The molecule has 0 saturated carbocycles. The van der Waals surface area contributed by atoms with Crippen molar-refractivity contribution in [1.29, 1.82) is 0 Å². The van der Waals surface area contributed by atoms with E-state index in [1.807, 2.05) is 31.2 Å². The first-order chi connectivity index (χ1) is 14.8. The molecule has 0 radical (unpaired) electrons. The van der Waals surface area contributed by atoms with Crippen molar-refractivity contribution in [3.63, 3.8) is 0 Å². The molecule has 7 nitrogen and oxygen atoms in total. The topological polar surface area (TPSA) is 109 Å². The van der Waals surface area contributed by atoms with Crippen molar-refractivity contribution in [2.45, 2.75) is 56.1 Å².